The standard InChI is InChI=1S/C7H10N2.C2H6/c1-3-7(2)9-5-4-8-6-9;1-2/h3-5,8H,1-2,6H2;1-2H3. The second-order valence-electron chi connectivity index (χ2n) is 1.84. The molecule has 0 unspecified atom stereocenters. The Morgan fingerprint density at radius 3 is 2.64 bits per heavy atom. The summed E-state index contributed by atoms with van der Waals surface area (Å²) in [4.78, 5) is 1.98. The monoisotopic (exact) mass is 152 g/mol. The summed E-state index contributed by atoms with van der Waals surface area (Å²) in [5.41, 5.74) is 0.927. The molecule has 1 N–H and O–H groups in total. The first-order valence-electron chi connectivity index (χ1n) is 3.82. The topological polar surface area (TPSA) is 15.3 Å². The van der Waals surface area contributed by atoms with Gasteiger partial charge in [0, 0.05) is 18.1 Å². The number of rotatable bonds is 2. The lowest BCUT2D eigenvalue weighted by Gasteiger charge is -2.13. The van der Waals surface area contributed by atoms with Gasteiger partial charge in [0.1, 0.15) is 0 Å². The van der Waals surface area contributed by atoms with E-state index in [0.29, 0.717) is 0 Å². The van der Waals surface area contributed by atoms with Gasteiger partial charge in [-0.05, 0) is 6.08 Å². The Hall–Kier alpha value is -1.18. The number of nitrogens with zero attached hydrogens (tertiary/aromatic N) is 1. The first-order valence-corrected chi connectivity index (χ1v) is 3.82. The molecule has 0 radical (unpaired) electrons. The fourth-order valence-electron chi connectivity index (χ4n) is 0.661. The fraction of sp³-hybridized carbons (Fsp3) is 0.333. The van der Waals surface area contributed by atoms with E-state index in [2.05, 4.69) is 18.5 Å². The molecule has 0 aromatic carbocycles. The molecule has 0 amide bonds. The van der Waals surface area contributed by atoms with Crippen LogP contribution in [0, 0.1) is 0 Å². The van der Waals surface area contributed by atoms with Crippen molar-refractivity contribution in [3.8, 4) is 0 Å². The molecule has 0 saturated heterocycles. The second-order valence-corrected chi connectivity index (χ2v) is 1.84. The molecular weight excluding hydrogens is 136 g/mol. The Morgan fingerprint density at radius 1 is 1.64 bits per heavy atom. The minimum absolute atomic E-state index is 0.810. The van der Waals surface area contributed by atoms with Crippen molar-refractivity contribution in [3.05, 3.63) is 37.3 Å². The molecule has 11 heavy (non-hydrogen) atoms. The van der Waals surface area contributed by atoms with Crippen molar-refractivity contribution < 1.29 is 0 Å². The van der Waals surface area contributed by atoms with E-state index in [0.717, 1.165) is 12.4 Å². The Morgan fingerprint density at radius 2 is 2.27 bits per heavy atom. The van der Waals surface area contributed by atoms with Gasteiger partial charge in [0.15, 0.2) is 0 Å². The summed E-state index contributed by atoms with van der Waals surface area (Å²) in [6.45, 7) is 12.2. The summed E-state index contributed by atoms with van der Waals surface area (Å²) in [7, 11) is 0. The SMILES string of the molecule is C=CC(=C)N1C=CNC1.CC. The minimum Gasteiger partial charge on any atom is -0.372 e. The van der Waals surface area contributed by atoms with Crippen LogP contribution in [-0.2, 0) is 0 Å². The number of hydrogen-bond donors (Lipinski definition) is 1. The van der Waals surface area contributed by atoms with Crippen LogP contribution in [0.15, 0.2) is 37.3 Å². The van der Waals surface area contributed by atoms with Crippen LogP contribution in [0.5, 0.6) is 0 Å². The van der Waals surface area contributed by atoms with E-state index in [4.69, 9.17) is 0 Å². The van der Waals surface area contributed by atoms with Gasteiger partial charge in [0.2, 0.25) is 0 Å². The smallest absolute Gasteiger partial charge is 0.0915 e. The first-order chi connectivity index (χ1) is 5.34. The quantitative estimate of drug-likeness (QED) is 0.609. The van der Waals surface area contributed by atoms with Gasteiger partial charge in [-0.25, -0.2) is 0 Å². The van der Waals surface area contributed by atoms with Gasteiger partial charge in [-0.3, -0.25) is 0 Å². The minimum atomic E-state index is 0.810. The van der Waals surface area contributed by atoms with Gasteiger partial charge < -0.3 is 10.2 Å². The van der Waals surface area contributed by atoms with Crippen LogP contribution >= 0.6 is 0 Å². The van der Waals surface area contributed by atoms with E-state index in [9.17, 15) is 0 Å². The molecule has 0 saturated carbocycles. The molecule has 0 atom stereocenters. The lowest BCUT2D eigenvalue weighted by Crippen LogP contribution is -2.18. The highest BCUT2D eigenvalue weighted by molar-refractivity contribution is 5.14. The average molecular weight is 152 g/mol. The predicted octanol–water partition coefficient (Wildman–Crippen LogP) is 2.05. The van der Waals surface area contributed by atoms with Crippen LogP contribution in [0.1, 0.15) is 13.8 Å². The van der Waals surface area contributed by atoms with Crippen LogP contribution in [0.3, 0.4) is 0 Å². The summed E-state index contributed by atoms with van der Waals surface area (Å²) in [5.74, 6) is 0. The van der Waals surface area contributed by atoms with Crippen molar-refractivity contribution >= 4 is 0 Å². The second kappa shape index (κ2) is 5.59. The van der Waals surface area contributed by atoms with Crippen LogP contribution in [-0.4, -0.2) is 11.6 Å². The van der Waals surface area contributed by atoms with Crippen LogP contribution in [0.4, 0.5) is 0 Å². The van der Waals surface area contributed by atoms with Crippen molar-refractivity contribution in [1.82, 2.24) is 10.2 Å². The summed E-state index contributed by atoms with van der Waals surface area (Å²) in [6, 6.07) is 0. The van der Waals surface area contributed by atoms with Crippen molar-refractivity contribution in [2.45, 2.75) is 13.8 Å². The Kier molecular flexibility index (Phi) is 4.99. The normalized spacial score (nSPS) is 13.1. The summed E-state index contributed by atoms with van der Waals surface area (Å²) in [6.07, 6.45) is 5.55. The highest BCUT2D eigenvalue weighted by atomic mass is 15.2. The Labute approximate surface area is 68.9 Å². The van der Waals surface area contributed by atoms with E-state index in [1.807, 2.05) is 31.1 Å². The molecule has 2 heteroatoms. The zero-order valence-electron chi connectivity index (χ0n) is 7.30. The molecular formula is C9H16N2. The zero-order chi connectivity index (χ0) is 8.69. The van der Waals surface area contributed by atoms with Gasteiger partial charge in [0.05, 0.1) is 6.67 Å². The van der Waals surface area contributed by atoms with Gasteiger partial charge in [-0.1, -0.05) is 27.0 Å². The molecule has 1 aliphatic rings. The lowest BCUT2D eigenvalue weighted by molar-refractivity contribution is 0.498. The highest BCUT2D eigenvalue weighted by Crippen LogP contribution is 2.04. The van der Waals surface area contributed by atoms with Crippen LogP contribution < -0.4 is 5.32 Å². The maximum Gasteiger partial charge on any atom is 0.0915 e. The molecule has 0 aliphatic carbocycles. The number of hydrogen-bond acceptors (Lipinski definition) is 2. The Balaban J connectivity index is 0.000000461. The van der Waals surface area contributed by atoms with Crippen molar-refractivity contribution in [1.29, 1.82) is 0 Å². The third-order valence-electron chi connectivity index (χ3n) is 1.24. The molecule has 1 aliphatic heterocycles. The van der Waals surface area contributed by atoms with Crippen LogP contribution in [0.2, 0.25) is 0 Å². The van der Waals surface area contributed by atoms with Crippen molar-refractivity contribution in [2.75, 3.05) is 6.67 Å². The third kappa shape index (κ3) is 2.94. The number of allylic oxidation sites excluding steroid dienone is 1. The van der Waals surface area contributed by atoms with Crippen molar-refractivity contribution in [2.24, 2.45) is 0 Å². The van der Waals surface area contributed by atoms with Crippen molar-refractivity contribution in [3.63, 3.8) is 0 Å². The van der Waals surface area contributed by atoms with Gasteiger partial charge >= 0.3 is 0 Å². The summed E-state index contributed by atoms with van der Waals surface area (Å²) in [5, 5.41) is 3.02. The van der Waals surface area contributed by atoms with E-state index < -0.39 is 0 Å². The predicted molar refractivity (Wildman–Crippen MR) is 49.7 cm³/mol. The molecule has 0 bridgehead atoms. The van der Waals surface area contributed by atoms with Gasteiger partial charge in [0.25, 0.3) is 0 Å². The summed E-state index contributed by atoms with van der Waals surface area (Å²) < 4.78 is 0. The highest BCUT2D eigenvalue weighted by Gasteiger charge is 2.02. The lowest BCUT2D eigenvalue weighted by atomic mass is 10.4. The zero-order valence-corrected chi connectivity index (χ0v) is 7.30. The molecule has 0 aromatic heterocycles. The third-order valence-corrected chi connectivity index (χ3v) is 1.24. The average Bonchev–Trinajstić information content (AvgIpc) is 2.59. The summed E-state index contributed by atoms with van der Waals surface area (Å²) >= 11 is 0. The molecule has 0 aromatic rings. The molecule has 2 nitrogen and oxygen atoms in total. The Bertz CT molecular complexity index is 159. The molecule has 62 valence electrons. The van der Waals surface area contributed by atoms with Crippen LogP contribution in [0.25, 0.3) is 0 Å². The maximum atomic E-state index is 3.77. The van der Waals surface area contributed by atoms with E-state index >= 15 is 0 Å². The number of nitrogens with one attached hydrogen (secondary N) is 1. The van der Waals surface area contributed by atoms with E-state index in [1.54, 1.807) is 6.08 Å². The first kappa shape index (κ1) is 9.82. The fourth-order valence-corrected chi connectivity index (χ4v) is 0.661. The van der Waals surface area contributed by atoms with E-state index in [-0.39, 0.29) is 0 Å². The molecule has 0 spiro atoms. The van der Waals surface area contributed by atoms with Gasteiger partial charge in [-0.2, -0.15) is 0 Å². The van der Waals surface area contributed by atoms with Gasteiger partial charge in [-0.15, -0.1) is 0 Å². The maximum absolute atomic E-state index is 3.77. The largest absolute Gasteiger partial charge is 0.372 e. The molecule has 1 heterocycles. The van der Waals surface area contributed by atoms with E-state index in [1.165, 1.54) is 0 Å². The molecule has 0 fully saturated rings. The molecule has 1 rings (SSSR count).